The lowest BCUT2D eigenvalue weighted by Crippen LogP contribution is -2.03. The number of pyridine rings is 1. The topological polar surface area (TPSA) is 57.7 Å². The van der Waals surface area contributed by atoms with Gasteiger partial charge in [0, 0.05) is 12.3 Å². The number of carbonyl (C=O) groups excluding carboxylic acids is 1. The highest BCUT2D eigenvalue weighted by Crippen LogP contribution is 2.32. The van der Waals surface area contributed by atoms with Gasteiger partial charge < -0.3 is 14.2 Å². The third kappa shape index (κ3) is 3.27. The van der Waals surface area contributed by atoms with Crippen molar-refractivity contribution in [3.05, 3.63) is 46.7 Å². The van der Waals surface area contributed by atoms with Crippen LogP contribution in [0.25, 0.3) is 0 Å². The van der Waals surface area contributed by atoms with Crippen molar-refractivity contribution >= 4 is 21.9 Å². The average molecular weight is 338 g/mol. The van der Waals surface area contributed by atoms with E-state index in [1.54, 1.807) is 31.4 Å². The van der Waals surface area contributed by atoms with Gasteiger partial charge in [0.15, 0.2) is 5.69 Å². The summed E-state index contributed by atoms with van der Waals surface area (Å²) < 4.78 is 16.2. The van der Waals surface area contributed by atoms with Crippen LogP contribution in [0.1, 0.15) is 10.5 Å². The van der Waals surface area contributed by atoms with E-state index >= 15 is 0 Å². The van der Waals surface area contributed by atoms with Gasteiger partial charge in [0.2, 0.25) is 0 Å². The van der Waals surface area contributed by atoms with E-state index in [9.17, 15) is 4.79 Å². The number of nitrogens with zero attached hydrogens (tertiary/aromatic N) is 1. The van der Waals surface area contributed by atoms with Gasteiger partial charge in [0.1, 0.15) is 17.2 Å². The fourth-order valence-corrected chi connectivity index (χ4v) is 1.95. The van der Waals surface area contributed by atoms with Crippen LogP contribution >= 0.6 is 15.9 Å². The van der Waals surface area contributed by atoms with E-state index in [4.69, 9.17) is 9.47 Å². The molecule has 0 atom stereocenters. The number of methoxy groups -OCH3 is 2. The molecule has 6 heteroatoms. The Hall–Kier alpha value is -2.08. The molecule has 0 N–H and O–H groups in total. The highest BCUT2D eigenvalue weighted by molar-refractivity contribution is 9.10. The summed E-state index contributed by atoms with van der Waals surface area (Å²) in [5, 5.41) is 0. The van der Waals surface area contributed by atoms with Gasteiger partial charge in [-0.15, -0.1) is 0 Å². The lowest BCUT2D eigenvalue weighted by molar-refractivity contribution is 0.0593. The van der Waals surface area contributed by atoms with Gasteiger partial charge in [-0.2, -0.15) is 0 Å². The first-order chi connectivity index (χ1) is 9.63. The number of hydrogen-bond donors (Lipinski definition) is 0. The van der Waals surface area contributed by atoms with Crippen LogP contribution in [0.4, 0.5) is 0 Å². The van der Waals surface area contributed by atoms with E-state index < -0.39 is 5.97 Å². The number of halogens is 1. The maximum Gasteiger partial charge on any atom is 0.356 e. The van der Waals surface area contributed by atoms with Crippen LogP contribution in [0.2, 0.25) is 0 Å². The second kappa shape index (κ2) is 6.38. The van der Waals surface area contributed by atoms with Crippen LogP contribution in [0.15, 0.2) is 41.0 Å². The Morgan fingerprint density at radius 1 is 1.15 bits per heavy atom. The molecule has 5 nitrogen and oxygen atoms in total. The highest BCUT2D eigenvalue weighted by atomic mass is 79.9. The van der Waals surface area contributed by atoms with E-state index in [-0.39, 0.29) is 5.69 Å². The maximum absolute atomic E-state index is 11.4. The quantitative estimate of drug-likeness (QED) is 0.800. The fraction of sp³-hybridized carbons (Fsp3) is 0.143. The Morgan fingerprint density at radius 3 is 2.60 bits per heavy atom. The number of hydrogen-bond acceptors (Lipinski definition) is 5. The number of ether oxygens (including phenoxy) is 3. The summed E-state index contributed by atoms with van der Waals surface area (Å²) in [7, 11) is 2.89. The summed E-state index contributed by atoms with van der Waals surface area (Å²) in [5.41, 5.74) is 0.189. The van der Waals surface area contributed by atoms with Crippen molar-refractivity contribution in [2.75, 3.05) is 14.2 Å². The normalized spacial score (nSPS) is 9.95. The van der Waals surface area contributed by atoms with Crippen LogP contribution in [0, 0.1) is 0 Å². The second-order valence-electron chi connectivity index (χ2n) is 3.77. The number of benzene rings is 1. The van der Waals surface area contributed by atoms with E-state index in [1.807, 2.05) is 0 Å². The van der Waals surface area contributed by atoms with Crippen molar-refractivity contribution in [1.82, 2.24) is 4.98 Å². The molecule has 0 aliphatic rings. The minimum Gasteiger partial charge on any atom is -0.497 e. The van der Waals surface area contributed by atoms with Gasteiger partial charge >= 0.3 is 5.97 Å². The summed E-state index contributed by atoms with van der Waals surface area (Å²) in [6.07, 6.45) is 1.49. The molecule has 2 rings (SSSR count). The van der Waals surface area contributed by atoms with E-state index in [2.05, 4.69) is 25.7 Å². The van der Waals surface area contributed by atoms with Gasteiger partial charge in [-0.3, -0.25) is 0 Å². The largest absolute Gasteiger partial charge is 0.497 e. The Bertz CT molecular complexity index is 630. The van der Waals surface area contributed by atoms with Crippen LogP contribution in [0.5, 0.6) is 17.2 Å². The van der Waals surface area contributed by atoms with Gasteiger partial charge in [0.25, 0.3) is 0 Å². The summed E-state index contributed by atoms with van der Waals surface area (Å²) in [6, 6.07) is 8.51. The highest BCUT2D eigenvalue weighted by Gasteiger charge is 2.10. The van der Waals surface area contributed by atoms with Crippen molar-refractivity contribution in [2.45, 2.75) is 0 Å². The zero-order valence-electron chi connectivity index (χ0n) is 10.9. The predicted molar refractivity (Wildman–Crippen MR) is 76.3 cm³/mol. The first-order valence-corrected chi connectivity index (χ1v) is 6.49. The molecular formula is C14H12BrNO4. The molecule has 0 unspecified atom stereocenters. The van der Waals surface area contributed by atoms with Crippen molar-refractivity contribution in [2.24, 2.45) is 0 Å². The molecule has 0 aliphatic heterocycles. The Kier molecular flexibility index (Phi) is 4.57. The van der Waals surface area contributed by atoms with Gasteiger partial charge in [-0.05, 0) is 40.2 Å². The van der Waals surface area contributed by atoms with Gasteiger partial charge in [-0.1, -0.05) is 0 Å². The molecule has 0 spiro atoms. The number of rotatable bonds is 4. The minimum absolute atomic E-state index is 0.189. The molecule has 0 saturated heterocycles. The third-order valence-electron chi connectivity index (χ3n) is 2.49. The molecule has 20 heavy (non-hydrogen) atoms. The number of esters is 1. The van der Waals surface area contributed by atoms with Crippen molar-refractivity contribution in [3.8, 4) is 17.2 Å². The van der Waals surface area contributed by atoms with E-state index in [0.29, 0.717) is 17.2 Å². The van der Waals surface area contributed by atoms with Gasteiger partial charge in [-0.25, -0.2) is 9.78 Å². The lowest BCUT2D eigenvalue weighted by Gasteiger charge is -2.09. The molecular weight excluding hydrogens is 326 g/mol. The summed E-state index contributed by atoms with van der Waals surface area (Å²) >= 11 is 3.39. The smallest absolute Gasteiger partial charge is 0.356 e. The SMILES string of the molecule is COC(=O)c1cc(Oc2ccc(OC)cc2Br)ccn1. The van der Waals surface area contributed by atoms with Crippen molar-refractivity contribution in [1.29, 1.82) is 0 Å². The van der Waals surface area contributed by atoms with Crippen molar-refractivity contribution < 1.29 is 19.0 Å². The number of aromatic nitrogens is 1. The van der Waals surface area contributed by atoms with Crippen LogP contribution < -0.4 is 9.47 Å². The first kappa shape index (κ1) is 14.3. The van der Waals surface area contributed by atoms with Crippen LogP contribution in [-0.4, -0.2) is 25.2 Å². The first-order valence-electron chi connectivity index (χ1n) is 5.70. The molecule has 0 amide bonds. The molecule has 1 aromatic carbocycles. The Morgan fingerprint density at radius 2 is 1.95 bits per heavy atom. The average Bonchev–Trinajstić information content (AvgIpc) is 2.48. The third-order valence-corrected chi connectivity index (χ3v) is 3.11. The minimum atomic E-state index is -0.510. The molecule has 0 fully saturated rings. The molecule has 104 valence electrons. The number of carbonyl (C=O) groups is 1. The van der Waals surface area contributed by atoms with Crippen LogP contribution in [0.3, 0.4) is 0 Å². The monoisotopic (exact) mass is 337 g/mol. The molecule has 0 bridgehead atoms. The van der Waals surface area contributed by atoms with Gasteiger partial charge in [0.05, 0.1) is 18.7 Å². The standard InChI is InChI=1S/C14H12BrNO4/c1-18-9-3-4-13(11(15)7-9)20-10-5-6-16-12(8-10)14(17)19-2/h3-8H,1-2H3. The van der Waals surface area contributed by atoms with E-state index in [0.717, 1.165) is 4.47 Å². The summed E-state index contributed by atoms with van der Waals surface area (Å²) in [5.74, 6) is 1.30. The fourth-order valence-electron chi connectivity index (χ4n) is 1.51. The molecule has 0 aliphatic carbocycles. The summed E-state index contributed by atoms with van der Waals surface area (Å²) in [4.78, 5) is 15.3. The second-order valence-corrected chi connectivity index (χ2v) is 4.62. The predicted octanol–water partition coefficient (Wildman–Crippen LogP) is 3.43. The molecule has 0 radical (unpaired) electrons. The molecule has 0 saturated carbocycles. The van der Waals surface area contributed by atoms with Crippen LogP contribution in [-0.2, 0) is 4.74 Å². The zero-order chi connectivity index (χ0) is 14.5. The molecule has 1 heterocycles. The summed E-state index contributed by atoms with van der Waals surface area (Å²) in [6.45, 7) is 0. The molecule has 1 aromatic heterocycles. The van der Waals surface area contributed by atoms with E-state index in [1.165, 1.54) is 19.4 Å². The Balaban J connectivity index is 2.24. The zero-order valence-corrected chi connectivity index (χ0v) is 12.5. The van der Waals surface area contributed by atoms with Crippen molar-refractivity contribution in [3.63, 3.8) is 0 Å². The lowest BCUT2D eigenvalue weighted by atomic mass is 10.3. The maximum atomic E-state index is 11.4. The molecule has 2 aromatic rings. The Labute approximate surface area is 124 Å².